The van der Waals surface area contributed by atoms with E-state index in [1.165, 1.54) is 22.3 Å². The molecule has 0 amide bonds. The van der Waals surface area contributed by atoms with E-state index < -0.39 is 0 Å². The van der Waals surface area contributed by atoms with Crippen molar-refractivity contribution in [3.63, 3.8) is 0 Å². The molecule has 0 saturated heterocycles. The molecule has 0 heterocycles. The Morgan fingerprint density at radius 2 is 1.83 bits per heavy atom. The van der Waals surface area contributed by atoms with E-state index in [-0.39, 0.29) is 0 Å². The minimum absolute atomic E-state index is 0.902. The lowest BCUT2D eigenvalue weighted by Gasteiger charge is -2.20. The molecule has 1 aromatic rings. The SMILES string of the molecule is COc1c(C)c(C)cc(C)c1CCN(C)CCS. The number of benzene rings is 1. The van der Waals surface area contributed by atoms with Gasteiger partial charge in [0, 0.05) is 18.8 Å². The summed E-state index contributed by atoms with van der Waals surface area (Å²) in [6, 6.07) is 2.26. The van der Waals surface area contributed by atoms with Crippen molar-refractivity contribution >= 4 is 12.6 Å². The molecular weight excluding hydrogens is 242 g/mol. The molecule has 0 fully saturated rings. The van der Waals surface area contributed by atoms with Gasteiger partial charge in [-0.2, -0.15) is 12.6 Å². The first-order valence-corrected chi connectivity index (χ1v) is 7.07. The minimum atomic E-state index is 0.902. The van der Waals surface area contributed by atoms with Gasteiger partial charge < -0.3 is 9.64 Å². The molecule has 1 aromatic carbocycles. The van der Waals surface area contributed by atoms with E-state index in [9.17, 15) is 0 Å². The van der Waals surface area contributed by atoms with Crippen molar-refractivity contribution in [2.75, 3.05) is 33.0 Å². The molecule has 0 N–H and O–H groups in total. The predicted molar refractivity (Wildman–Crippen MR) is 82.3 cm³/mol. The summed E-state index contributed by atoms with van der Waals surface area (Å²) in [6.07, 6.45) is 1.03. The lowest BCUT2D eigenvalue weighted by Crippen LogP contribution is -2.23. The second-order valence-corrected chi connectivity index (χ2v) is 5.37. The lowest BCUT2D eigenvalue weighted by molar-refractivity contribution is 0.354. The zero-order valence-corrected chi connectivity index (χ0v) is 13.1. The summed E-state index contributed by atoms with van der Waals surface area (Å²) in [5, 5.41) is 0. The summed E-state index contributed by atoms with van der Waals surface area (Å²) in [5.41, 5.74) is 5.23. The largest absolute Gasteiger partial charge is 0.496 e. The van der Waals surface area contributed by atoms with Crippen LogP contribution in [0.4, 0.5) is 0 Å². The Morgan fingerprint density at radius 3 is 2.39 bits per heavy atom. The molecule has 0 spiro atoms. The van der Waals surface area contributed by atoms with Crippen LogP contribution in [0.5, 0.6) is 5.75 Å². The van der Waals surface area contributed by atoms with Crippen LogP contribution in [0.25, 0.3) is 0 Å². The summed E-state index contributed by atoms with van der Waals surface area (Å²) in [6.45, 7) is 8.51. The molecular formula is C15H25NOS. The van der Waals surface area contributed by atoms with Crippen LogP contribution in [0.3, 0.4) is 0 Å². The van der Waals surface area contributed by atoms with Gasteiger partial charge in [-0.3, -0.25) is 0 Å². The first-order chi connectivity index (χ1) is 8.51. The maximum atomic E-state index is 5.60. The molecule has 2 nitrogen and oxygen atoms in total. The van der Waals surface area contributed by atoms with E-state index in [1.54, 1.807) is 7.11 Å². The summed E-state index contributed by atoms with van der Waals surface area (Å²) >= 11 is 4.26. The van der Waals surface area contributed by atoms with Crippen molar-refractivity contribution < 1.29 is 4.74 Å². The third-order valence-corrected chi connectivity index (χ3v) is 3.74. The summed E-state index contributed by atoms with van der Waals surface area (Å²) in [5.74, 6) is 1.96. The van der Waals surface area contributed by atoms with E-state index in [2.05, 4.69) is 51.4 Å². The van der Waals surface area contributed by atoms with Crippen LogP contribution in [0, 0.1) is 20.8 Å². The Morgan fingerprint density at radius 1 is 1.17 bits per heavy atom. The number of methoxy groups -OCH3 is 1. The molecule has 0 aliphatic rings. The smallest absolute Gasteiger partial charge is 0.125 e. The first-order valence-electron chi connectivity index (χ1n) is 6.44. The highest BCUT2D eigenvalue weighted by Gasteiger charge is 2.12. The van der Waals surface area contributed by atoms with Gasteiger partial charge in [-0.1, -0.05) is 6.07 Å². The molecule has 0 bridgehead atoms. The number of rotatable bonds is 6. The third kappa shape index (κ3) is 3.66. The van der Waals surface area contributed by atoms with Crippen molar-refractivity contribution in [2.45, 2.75) is 27.2 Å². The summed E-state index contributed by atoms with van der Waals surface area (Å²) in [7, 11) is 3.90. The Hall–Kier alpha value is -0.670. The molecule has 102 valence electrons. The van der Waals surface area contributed by atoms with Gasteiger partial charge in [0.05, 0.1) is 7.11 Å². The second-order valence-electron chi connectivity index (χ2n) is 4.92. The number of likely N-dealkylation sites (N-methyl/N-ethyl adjacent to an activating group) is 1. The fourth-order valence-electron chi connectivity index (χ4n) is 2.28. The average Bonchev–Trinajstić information content (AvgIpc) is 2.32. The molecule has 0 unspecified atom stereocenters. The first kappa shape index (κ1) is 15.4. The molecule has 0 aliphatic heterocycles. The standard InChI is InChI=1S/C15H25NOS/c1-11-10-12(2)14(15(17-5)13(11)3)6-7-16(4)8-9-18/h10,18H,6-9H2,1-5H3. The van der Waals surface area contributed by atoms with Gasteiger partial charge in [-0.05, 0) is 56.5 Å². The summed E-state index contributed by atoms with van der Waals surface area (Å²) < 4.78 is 5.60. The average molecular weight is 267 g/mol. The number of thiol groups is 1. The number of aryl methyl sites for hydroxylation is 2. The van der Waals surface area contributed by atoms with Crippen LogP contribution in [-0.2, 0) is 6.42 Å². The Bertz CT molecular complexity index is 404. The van der Waals surface area contributed by atoms with Crippen LogP contribution < -0.4 is 4.74 Å². The number of hydrogen-bond donors (Lipinski definition) is 1. The van der Waals surface area contributed by atoms with E-state index in [0.717, 1.165) is 31.0 Å². The quantitative estimate of drug-likeness (QED) is 0.795. The molecule has 0 radical (unpaired) electrons. The number of hydrogen-bond acceptors (Lipinski definition) is 3. The van der Waals surface area contributed by atoms with Crippen LogP contribution in [-0.4, -0.2) is 37.9 Å². The Kier molecular flexibility index (Phi) is 6.03. The maximum absolute atomic E-state index is 5.60. The zero-order valence-electron chi connectivity index (χ0n) is 12.2. The van der Waals surface area contributed by atoms with Gasteiger partial charge >= 0.3 is 0 Å². The summed E-state index contributed by atoms with van der Waals surface area (Å²) in [4.78, 5) is 2.31. The van der Waals surface area contributed by atoms with Gasteiger partial charge in [-0.15, -0.1) is 0 Å². The highest BCUT2D eigenvalue weighted by atomic mass is 32.1. The van der Waals surface area contributed by atoms with Crippen LogP contribution >= 0.6 is 12.6 Å². The molecule has 1 rings (SSSR count). The van der Waals surface area contributed by atoms with Gasteiger partial charge in [-0.25, -0.2) is 0 Å². The van der Waals surface area contributed by atoms with Crippen LogP contribution in [0.1, 0.15) is 22.3 Å². The zero-order chi connectivity index (χ0) is 13.7. The highest BCUT2D eigenvalue weighted by Crippen LogP contribution is 2.29. The van der Waals surface area contributed by atoms with Crippen molar-refractivity contribution in [3.8, 4) is 5.75 Å². The Balaban J connectivity index is 2.91. The maximum Gasteiger partial charge on any atom is 0.125 e. The van der Waals surface area contributed by atoms with E-state index in [4.69, 9.17) is 4.74 Å². The molecule has 0 saturated carbocycles. The molecule has 18 heavy (non-hydrogen) atoms. The van der Waals surface area contributed by atoms with Gasteiger partial charge in [0.2, 0.25) is 0 Å². The van der Waals surface area contributed by atoms with Crippen molar-refractivity contribution in [2.24, 2.45) is 0 Å². The van der Waals surface area contributed by atoms with Gasteiger partial charge in [0.15, 0.2) is 0 Å². The minimum Gasteiger partial charge on any atom is -0.496 e. The fourth-order valence-corrected chi connectivity index (χ4v) is 2.62. The van der Waals surface area contributed by atoms with Gasteiger partial charge in [0.25, 0.3) is 0 Å². The van der Waals surface area contributed by atoms with E-state index in [1.807, 2.05) is 0 Å². The molecule has 0 aromatic heterocycles. The molecule has 3 heteroatoms. The lowest BCUT2D eigenvalue weighted by atomic mass is 9.97. The van der Waals surface area contributed by atoms with Crippen LogP contribution in [0.2, 0.25) is 0 Å². The van der Waals surface area contributed by atoms with Crippen LogP contribution in [0.15, 0.2) is 6.07 Å². The number of ether oxygens (including phenoxy) is 1. The normalized spacial score (nSPS) is 11.1. The molecule has 0 atom stereocenters. The van der Waals surface area contributed by atoms with Crippen molar-refractivity contribution in [1.29, 1.82) is 0 Å². The topological polar surface area (TPSA) is 12.5 Å². The number of nitrogens with zero attached hydrogens (tertiary/aromatic N) is 1. The third-order valence-electron chi connectivity index (χ3n) is 3.54. The van der Waals surface area contributed by atoms with E-state index in [0.29, 0.717) is 0 Å². The van der Waals surface area contributed by atoms with Crippen molar-refractivity contribution in [1.82, 2.24) is 4.90 Å². The van der Waals surface area contributed by atoms with Gasteiger partial charge in [0.1, 0.15) is 5.75 Å². The van der Waals surface area contributed by atoms with E-state index >= 15 is 0 Å². The van der Waals surface area contributed by atoms with Crippen molar-refractivity contribution in [3.05, 3.63) is 28.3 Å². The molecule has 0 aliphatic carbocycles. The predicted octanol–water partition coefficient (Wildman–Crippen LogP) is 3.02. The Labute approximate surface area is 117 Å². The fraction of sp³-hybridized carbons (Fsp3) is 0.600. The second kappa shape index (κ2) is 7.05. The highest BCUT2D eigenvalue weighted by molar-refractivity contribution is 7.80. The monoisotopic (exact) mass is 267 g/mol.